The maximum atomic E-state index is 13.6. The second-order valence-corrected chi connectivity index (χ2v) is 15.2. The van der Waals surface area contributed by atoms with E-state index in [1.807, 2.05) is 98.8 Å². The van der Waals surface area contributed by atoms with E-state index in [1.165, 1.54) is 9.80 Å². The fourth-order valence-electron chi connectivity index (χ4n) is 7.65. The van der Waals surface area contributed by atoms with Crippen LogP contribution in [0.5, 0.6) is 0 Å². The first kappa shape index (κ1) is 35.9. The van der Waals surface area contributed by atoms with Crippen molar-refractivity contribution < 1.29 is 32.1 Å². The summed E-state index contributed by atoms with van der Waals surface area (Å²) in [6.07, 6.45) is 2.77. The Morgan fingerprint density at radius 2 is 0.906 bits per heavy atom. The quantitative estimate of drug-likeness (QED) is 0.0697. The molecule has 0 radical (unpaired) electrons. The van der Waals surface area contributed by atoms with Gasteiger partial charge < -0.3 is 5.32 Å². The van der Waals surface area contributed by atoms with Gasteiger partial charge in [0, 0.05) is 46.1 Å². The predicted octanol–water partition coefficient (Wildman–Crippen LogP) is 7.07. The van der Waals surface area contributed by atoms with Gasteiger partial charge in [0.15, 0.2) is 0 Å². The Kier molecular flexibility index (Phi) is 9.58. The lowest BCUT2D eigenvalue weighted by Crippen LogP contribution is -2.41. The molecule has 53 heavy (non-hydrogen) atoms. The zero-order valence-electron chi connectivity index (χ0n) is 29.7. The molecule has 0 aliphatic carbocycles. The minimum atomic E-state index is -3.67. The first-order valence-corrected chi connectivity index (χ1v) is 19.5. The number of imide groups is 2. The minimum Gasteiger partial charge on any atom is -0.317 e. The summed E-state index contributed by atoms with van der Waals surface area (Å²) in [6.45, 7) is 6.07. The maximum absolute atomic E-state index is 13.6. The molecule has 0 atom stereocenters. The van der Waals surface area contributed by atoms with Gasteiger partial charge in [-0.15, -0.1) is 0 Å². The van der Waals surface area contributed by atoms with Gasteiger partial charge in [-0.1, -0.05) is 60.7 Å². The number of nitrogens with one attached hydrogen (secondary N) is 1. The fraction of sp³-hybridized carbons (Fsp3) is 0.238. The number of nitrogens with zero attached hydrogens (tertiary/aromatic N) is 2. The third kappa shape index (κ3) is 6.67. The molecule has 0 spiro atoms. The number of fused-ring (bicyclic) bond motifs is 4. The number of hydrogen-bond acceptors (Lipinski definition) is 7. The van der Waals surface area contributed by atoms with Crippen LogP contribution in [-0.4, -0.2) is 78.8 Å². The van der Waals surface area contributed by atoms with Crippen molar-refractivity contribution in [3.63, 3.8) is 0 Å². The first-order valence-electron chi connectivity index (χ1n) is 17.6. The van der Waals surface area contributed by atoms with Crippen LogP contribution in [-0.2, 0) is 10.1 Å². The van der Waals surface area contributed by atoms with Crippen molar-refractivity contribution in [2.24, 2.45) is 0 Å². The Morgan fingerprint density at radius 1 is 0.528 bits per heavy atom. The standard InChI is InChI=1S/C41H35N3O4.CH4O3S/c1-24-10-5-12-26-28-14-7-16-30-36(28)34(22-32(24)26)40(47)43(38(30)45)20-4-3-18-42-19-9-21-44-39(46)31-17-8-15-29-27-13-6-11-25(2)33(27)23-35(37(29)31)41(44)48;1-5(2,3)4/h5-8,10-17,22-23,42H,3-4,9,18-21H2,1-2H3;1H3,(H,2,3,4). The molecule has 2 N–H and O–H groups in total. The van der Waals surface area contributed by atoms with E-state index >= 15 is 0 Å². The number of rotatable bonds is 9. The number of unbranched alkanes of at least 4 members (excludes halogenated alkanes) is 1. The van der Waals surface area contributed by atoms with E-state index in [0.29, 0.717) is 67.5 Å². The molecule has 11 heteroatoms. The summed E-state index contributed by atoms with van der Waals surface area (Å²) in [5.74, 6) is -0.973. The highest BCUT2D eigenvalue weighted by molar-refractivity contribution is 7.85. The molecule has 10 nitrogen and oxygen atoms in total. The molecular formula is C42H39N3O7S. The Labute approximate surface area is 307 Å². The van der Waals surface area contributed by atoms with Crippen molar-refractivity contribution in [3.05, 3.63) is 118 Å². The molecule has 6 aromatic carbocycles. The monoisotopic (exact) mass is 729 g/mol. The molecule has 0 saturated carbocycles. The summed E-state index contributed by atoms with van der Waals surface area (Å²) in [6, 6.07) is 27.5. The molecule has 8 rings (SSSR count). The molecule has 2 heterocycles. The number of carbonyl (C=O) groups is 4. The molecule has 270 valence electrons. The molecule has 0 saturated heterocycles. The van der Waals surface area contributed by atoms with Crippen LogP contribution in [0.3, 0.4) is 0 Å². The lowest BCUT2D eigenvalue weighted by molar-refractivity contribution is 0.0591. The Hall–Kier alpha value is -5.49. The lowest BCUT2D eigenvalue weighted by atomic mass is 9.89. The second kappa shape index (κ2) is 14.1. The topological polar surface area (TPSA) is 141 Å². The van der Waals surface area contributed by atoms with Gasteiger partial charge in [0.1, 0.15) is 0 Å². The number of aryl methyl sites for hydroxylation is 2. The zero-order valence-corrected chi connectivity index (χ0v) is 30.5. The predicted molar refractivity (Wildman–Crippen MR) is 207 cm³/mol. The van der Waals surface area contributed by atoms with Gasteiger partial charge in [-0.25, -0.2) is 0 Å². The second-order valence-electron chi connectivity index (χ2n) is 13.7. The number of amides is 4. The summed E-state index contributed by atoms with van der Waals surface area (Å²) < 4.78 is 25.9. The Morgan fingerprint density at radius 3 is 1.38 bits per heavy atom. The third-order valence-corrected chi connectivity index (χ3v) is 10.1. The Bertz CT molecular complexity index is 2460. The van der Waals surface area contributed by atoms with E-state index in [0.717, 1.165) is 60.6 Å². The van der Waals surface area contributed by atoms with Crippen molar-refractivity contribution >= 4 is 76.8 Å². The van der Waals surface area contributed by atoms with E-state index in [2.05, 4.69) is 5.32 Å². The highest BCUT2D eigenvalue weighted by atomic mass is 32.2. The molecule has 0 unspecified atom stereocenters. The third-order valence-electron chi connectivity index (χ3n) is 10.1. The molecule has 0 bridgehead atoms. The van der Waals surface area contributed by atoms with Crippen molar-refractivity contribution in [2.75, 3.05) is 32.4 Å². The largest absolute Gasteiger partial charge is 0.317 e. The van der Waals surface area contributed by atoms with Gasteiger partial charge in [0.25, 0.3) is 33.7 Å². The Balaban J connectivity index is 0.000000817. The van der Waals surface area contributed by atoms with Crippen LogP contribution >= 0.6 is 0 Å². The van der Waals surface area contributed by atoms with Crippen LogP contribution in [0.25, 0.3) is 43.1 Å². The van der Waals surface area contributed by atoms with Crippen molar-refractivity contribution in [1.29, 1.82) is 0 Å². The van der Waals surface area contributed by atoms with E-state index < -0.39 is 10.1 Å². The molecule has 4 amide bonds. The summed E-state index contributed by atoms with van der Waals surface area (Å²) in [4.78, 5) is 56.9. The van der Waals surface area contributed by atoms with Gasteiger partial charge >= 0.3 is 0 Å². The number of carbonyl (C=O) groups excluding carboxylic acids is 4. The van der Waals surface area contributed by atoms with Crippen LogP contribution in [0.4, 0.5) is 0 Å². The summed E-state index contributed by atoms with van der Waals surface area (Å²) in [5, 5.41) is 10.9. The van der Waals surface area contributed by atoms with Gasteiger partial charge in [-0.05, 0) is 114 Å². The van der Waals surface area contributed by atoms with Crippen molar-refractivity contribution in [1.82, 2.24) is 15.1 Å². The lowest BCUT2D eigenvalue weighted by Gasteiger charge is -2.28. The summed E-state index contributed by atoms with van der Waals surface area (Å²) in [7, 11) is -3.67. The van der Waals surface area contributed by atoms with Gasteiger partial charge in [-0.3, -0.25) is 33.5 Å². The number of benzene rings is 6. The van der Waals surface area contributed by atoms with Gasteiger partial charge in [0.05, 0.1) is 6.26 Å². The average molecular weight is 730 g/mol. The van der Waals surface area contributed by atoms with Gasteiger partial charge in [-0.2, -0.15) is 8.42 Å². The first-order chi connectivity index (χ1) is 25.3. The molecule has 2 aliphatic heterocycles. The van der Waals surface area contributed by atoms with E-state index in [-0.39, 0.29) is 23.6 Å². The van der Waals surface area contributed by atoms with Crippen LogP contribution < -0.4 is 5.32 Å². The van der Waals surface area contributed by atoms with Crippen LogP contribution in [0.15, 0.2) is 84.9 Å². The molecule has 6 aromatic rings. The van der Waals surface area contributed by atoms with Gasteiger partial charge in [0.2, 0.25) is 0 Å². The SMILES string of the molecule is CS(=O)(=O)O.Cc1cccc2c1cc1c3c(cccc32)C(=O)N(CCCCNCCCN2C(=O)c3cccc4c3c(cc3c(C)cccc34)C2=O)C1=O. The van der Waals surface area contributed by atoms with Crippen LogP contribution in [0, 0.1) is 13.8 Å². The smallest absolute Gasteiger partial charge is 0.261 e. The summed E-state index contributed by atoms with van der Waals surface area (Å²) in [5.41, 5.74) is 4.51. The molecule has 2 aliphatic rings. The number of hydrogen-bond donors (Lipinski definition) is 2. The maximum Gasteiger partial charge on any atom is 0.261 e. The minimum absolute atomic E-state index is 0.238. The molecular weight excluding hydrogens is 691 g/mol. The summed E-state index contributed by atoms with van der Waals surface area (Å²) >= 11 is 0. The zero-order chi connectivity index (χ0) is 37.6. The molecule has 0 aromatic heterocycles. The fourth-order valence-corrected chi connectivity index (χ4v) is 7.65. The van der Waals surface area contributed by atoms with Crippen molar-refractivity contribution in [2.45, 2.75) is 33.1 Å². The van der Waals surface area contributed by atoms with Crippen LogP contribution in [0.1, 0.15) is 71.8 Å². The highest BCUT2D eigenvalue weighted by Crippen LogP contribution is 2.38. The van der Waals surface area contributed by atoms with E-state index in [9.17, 15) is 27.6 Å². The normalized spacial score (nSPS) is 14.1. The molecule has 0 fully saturated rings. The highest BCUT2D eigenvalue weighted by Gasteiger charge is 2.34. The van der Waals surface area contributed by atoms with E-state index in [4.69, 9.17) is 4.55 Å². The van der Waals surface area contributed by atoms with E-state index in [1.54, 1.807) is 0 Å². The average Bonchev–Trinajstić information content (AvgIpc) is 3.12. The van der Waals surface area contributed by atoms with Crippen molar-refractivity contribution in [3.8, 4) is 0 Å². The van der Waals surface area contributed by atoms with Crippen LogP contribution in [0.2, 0.25) is 0 Å².